The molecule has 0 radical (unpaired) electrons. The highest BCUT2D eigenvalue weighted by atomic mass is 19.4. The number of benzene rings is 1. The van der Waals surface area contributed by atoms with Gasteiger partial charge < -0.3 is 4.98 Å². The lowest BCUT2D eigenvalue weighted by Crippen LogP contribution is -2.23. The number of halogens is 3. The number of hydrogen-bond donors (Lipinski definition) is 2. The van der Waals surface area contributed by atoms with Gasteiger partial charge in [0.25, 0.3) is 5.56 Å². The van der Waals surface area contributed by atoms with Gasteiger partial charge in [-0.15, -0.1) is 0 Å². The molecule has 0 bridgehead atoms. The summed E-state index contributed by atoms with van der Waals surface area (Å²) in [7, 11) is 0. The van der Waals surface area contributed by atoms with E-state index in [9.17, 15) is 22.8 Å². The minimum absolute atomic E-state index is 0.0300. The number of aromatic nitrogens is 7. The van der Waals surface area contributed by atoms with Crippen LogP contribution in [-0.4, -0.2) is 40.5 Å². The van der Waals surface area contributed by atoms with Gasteiger partial charge in [-0.3, -0.25) is 14.5 Å². The lowest BCUT2D eigenvalue weighted by atomic mass is 10.1. The second-order valence-electron chi connectivity index (χ2n) is 8.34. The molecule has 0 spiro atoms. The van der Waals surface area contributed by atoms with Crippen molar-refractivity contribution < 1.29 is 13.2 Å². The number of alkyl halides is 3. The number of H-pyrrole nitrogens is 2. The molecule has 5 aromatic rings. The van der Waals surface area contributed by atoms with Crippen LogP contribution in [0.15, 0.2) is 58.5 Å². The van der Waals surface area contributed by atoms with Crippen molar-refractivity contribution in [2.45, 2.75) is 31.0 Å². The van der Waals surface area contributed by atoms with Gasteiger partial charge >= 0.3 is 11.9 Å². The number of fused-ring (bicyclic) bond motifs is 2. The summed E-state index contributed by atoms with van der Waals surface area (Å²) >= 11 is 0. The van der Waals surface area contributed by atoms with E-state index in [0.717, 1.165) is 22.4 Å². The van der Waals surface area contributed by atoms with Gasteiger partial charge in [-0.25, -0.2) is 14.3 Å². The van der Waals surface area contributed by atoms with Crippen LogP contribution in [-0.2, 0) is 6.54 Å². The van der Waals surface area contributed by atoms with Gasteiger partial charge in [0.2, 0.25) is 0 Å². The molecule has 1 unspecified atom stereocenters. The molecular formula is C22H16F3N7O2. The lowest BCUT2D eigenvalue weighted by Gasteiger charge is -2.09. The van der Waals surface area contributed by atoms with Crippen molar-refractivity contribution in [1.29, 1.82) is 0 Å². The fourth-order valence-electron chi connectivity index (χ4n) is 4.44. The molecule has 6 rings (SSSR count). The molecular weight excluding hydrogens is 451 g/mol. The molecule has 1 aliphatic carbocycles. The molecule has 9 nitrogen and oxygen atoms in total. The van der Waals surface area contributed by atoms with Crippen molar-refractivity contribution in [2.75, 3.05) is 0 Å². The van der Waals surface area contributed by atoms with Crippen LogP contribution in [0.4, 0.5) is 13.2 Å². The fourth-order valence-corrected chi connectivity index (χ4v) is 4.44. The van der Waals surface area contributed by atoms with Crippen molar-refractivity contribution in [2.24, 2.45) is 0 Å². The van der Waals surface area contributed by atoms with Crippen LogP contribution in [0.2, 0.25) is 0 Å². The summed E-state index contributed by atoms with van der Waals surface area (Å²) in [5.74, 6) is 0.0950. The number of hydrogen-bond acceptors (Lipinski definition) is 5. The van der Waals surface area contributed by atoms with Gasteiger partial charge in [-0.1, -0.05) is 12.1 Å². The van der Waals surface area contributed by atoms with E-state index in [-0.39, 0.29) is 17.4 Å². The van der Waals surface area contributed by atoms with E-state index in [0.29, 0.717) is 22.2 Å². The second kappa shape index (κ2) is 7.14. The van der Waals surface area contributed by atoms with Crippen LogP contribution < -0.4 is 11.2 Å². The van der Waals surface area contributed by atoms with Crippen molar-refractivity contribution in [3.8, 4) is 11.3 Å². The summed E-state index contributed by atoms with van der Waals surface area (Å²) in [6, 6.07) is 8.92. The number of rotatable bonds is 4. The van der Waals surface area contributed by atoms with E-state index in [4.69, 9.17) is 0 Å². The Bertz CT molecular complexity index is 1680. The minimum atomic E-state index is -4.37. The quantitative estimate of drug-likeness (QED) is 0.422. The Labute approximate surface area is 187 Å². The summed E-state index contributed by atoms with van der Waals surface area (Å²) in [5, 5.41) is 8.88. The minimum Gasteiger partial charge on any atom is -0.313 e. The van der Waals surface area contributed by atoms with E-state index in [1.807, 2.05) is 6.07 Å². The van der Waals surface area contributed by atoms with Gasteiger partial charge in [0.15, 0.2) is 5.65 Å². The predicted molar refractivity (Wildman–Crippen MR) is 116 cm³/mol. The van der Waals surface area contributed by atoms with Crippen molar-refractivity contribution in [3.05, 3.63) is 81.0 Å². The molecule has 12 heteroatoms. The van der Waals surface area contributed by atoms with Crippen molar-refractivity contribution >= 4 is 16.6 Å². The van der Waals surface area contributed by atoms with Crippen LogP contribution in [0.25, 0.3) is 27.8 Å². The molecule has 1 fully saturated rings. The molecule has 2 atom stereocenters. The number of nitrogens with zero attached hydrogens (tertiary/aromatic N) is 5. The first-order valence-electron chi connectivity index (χ1n) is 10.5. The SMILES string of the molecule is O=c1[nH]cc(-c2cc(C3C[C@H]3c3ccc4cnn(CC(F)(F)F)c4c3)n3nccc3n2)c(=O)[nH]1. The average molecular weight is 467 g/mol. The van der Waals surface area contributed by atoms with Crippen LogP contribution in [0.5, 0.6) is 0 Å². The Kier molecular flexibility index (Phi) is 4.28. The maximum absolute atomic E-state index is 12.9. The zero-order chi connectivity index (χ0) is 23.6. The second-order valence-corrected chi connectivity index (χ2v) is 8.34. The van der Waals surface area contributed by atoms with Crippen LogP contribution in [0, 0.1) is 0 Å². The van der Waals surface area contributed by atoms with E-state index in [1.165, 1.54) is 12.4 Å². The smallest absolute Gasteiger partial charge is 0.313 e. The third kappa shape index (κ3) is 3.47. The summed E-state index contributed by atoms with van der Waals surface area (Å²) in [4.78, 5) is 32.8. The summed E-state index contributed by atoms with van der Waals surface area (Å²) < 4.78 is 41.4. The standard InChI is InChI=1S/C22H16F3N7O2/c23-22(24,25)10-31-17-5-11(1-2-12(17)8-28-31)13-6-14(13)18-7-16(29-19-3-4-27-32(18)19)15-9-26-21(34)30-20(15)33/h1-5,7-9,13-14H,6,10H2,(H2,26,30,33,34)/t13-,14?/m0/s1. The Balaban J connectivity index is 1.39. The molecule has 34 heavy (non-hydrogen) atoms. The van der Waals surface area contributed by atoms with Gasteiger partial charge in [-0.05, 0) is 30.0 Å². The van der Waals surface area contributed by atoms with Crippen molar-refractivity contribution in [1.82, 2.24) is 34.3 Å². The number of nitrogens with one attached hydrogen (secondary N) is 2. The van der Waals surface area contributed by atoms with Gasteiger partial charge in [0.1, 0.15) is 6.54 Å². The molecule has 1 aliphatic rings. The molecule has 0 aliphatic heterocycles. The van der Waals surface area contributed by atoms with Crippen LogP contribution in [0.1, 0.15) is 29.5 Å². The first-order chi connectivity index (χ1) is 16.3. The zero-order valence-corrected chi connectivity index (χ0v) is 17.4. The predicted octanol–water partition coefficient (Wildman–Crippen LogP) is 2.96. The lowest BCUT2D eigenvalue weighted by molar-refractivity contribution is -0.141. The molecule has 0 amide bonds. The van der Waals surface area contributed by atoms with Gasteiger partial charge in [0.05, 0.1) is 34.9 Å². The van der Waals surface area contributed by atoms with Crippen LogP contribution >= 0.6 is 0 Å². The molecule has 2 N–H and O–H groups in total. The normalized spacial score (nSPS) is 18.1. The average Bonchev–Trinajstić information content (AvgIpc) is 3.26. The summed E-state index contributed by atoms with van der Waals surface area (Å²) in [5.41, 5.74) is 2.15. The first-order valence-corrected chi connectivity index (χ1v) is 10.5. The monoisotopic (exact) mass is 467 g/mol. The number of aromatic amines is 2. The summed E-state index contributed by atoms with van der Waals surface area (Å²) in [6.45, 7) is -1.15. The van der Waals surface area contributed by atoms with Crippen molar-refractivity contribution in [3.63, 3.8) is 0 Å². The highest BCUT2D eigenvalue weighted by Crippen LogP contribution is 2.55. The topological polar surface area (TPSA) is 114 Å². The third-order valence-corrected chi connectivity index (χ3v) is 6.08. The van der Waals surface area contributed by atoms with E-state index >= 15 is 0 Å². The first kappa shape index (κ1) is 20.4. The third-order valence-electron chi connectivity index (χ3n) is 6.08. The summed E-state index contributed by atoms with van der Waals surface area (Å²) in [6.07, 6.45) is 0.751. The highest BCUT2D eigenvalue weighted by Gasteiger charge is 2.42. The van der Waals surface area contributed by atoms with E-state index in [1.54, 1.807) is 35.0 Å². The Morgan fingerprint density at radius 1 is 1.09 bits per heavy atom. The molecule has 0 saturated heterocycles. The highest BCUT2D eigenvalue weighted by molar-refractivity contribution is 5.79. The molecule has 1 aromatic carbocycles. The van der Waals surface area contributed by atoms with Gasteiger partial charge in [0, 0.05) is 23.6 Å². The maximum Gasteiger partial charge on any atom is 0.408 e. The zero-order valence-electron chi connectivity index (χ0n) is 17.4. The Morgan fingerprint density at radius 2 is 1.94 bits per heavy atom. The fraction of sp³-hybridized carbons (Fsp3) is 0.227. The largest absolute Gasteiger partial charge is 0.408 e. The molecule has 4 heterocycles. The molecule has 172 valence electrons. The Morgan fingerprint density at radius 3 is 2.74 bits per heavy atom. The Hall–Kier alpha value is -4.22. The molecule has 4 aromatic heterocycles. The maximum atomic E-state index is 12.9. The van der Waals surface area contributed by atoms with Gasteiger partial charge in [-0.2, -0.15) is 23.4 Å². The van der Waals surface area contributed by atoms with E-state index in [2.05, 4.69) is 25.1 Å². The van der Waals surface area contributed by atoms with E-state index < -0.39 is 24.0 Å². The van der Waals surface area contributed by atoms with Crippen LogP contribution in [0.3, 0.4) is 0 Å². The molecule has 1 saturated carbocycles.